The summed E-state index contributed by atoms with van der Waals surface area (Å²) in [4.78, 5) is 7.72. The predicted octanol–water partition coefficient (Wildman–Crippen LogP) is 3.46. The quantitative estimate of drug-likeness (QED) is 0.835. The molecule has 2 aromatic rings. The fourth-order valence-corrected chi connectivity index (χ4v) is 1.55. The molecular formula is C11H8ClF2N3. The monoisotopic (exact) mass is 255 g/mol. The number of anilines is 2. The van der Waals surface area contributed by atoms with E-state index in [-0.39, 0.29) is 11.0 Å². The van der Waals surface area contributed by atoms with E-state index in [9.17, 15) is 8.78 Å². The van der Waals surface area contributed by atoms with Gasteiger partial charge in [-0.2, -0.15) is 0 Å². The molecule has 0 aliphatic rings. The van der Waals surface area contributed by atoms with Crippen LogP contribution in [0.2, 0.25) is 5.28 Å². The first kappa shape index (κ1) is 11.7. The molecule has 1 aromatic heterocycles. The Labute approximate surface area is 101 Å². The molecule has 3 nitrogen and oxygen atoms in total. The van der Waals surface area contributed by atoms with E-state index in [4.69, 9.17) is 11.6 Å². The van der Waals surface area contributed by atoms with E-state index in [2.05, 4.69) is 15.3 Å². The Morgan fingerprint density at radius 3 is 2.65 bits per heavy atom. The molecule has 0 aliphatic heterocycles. The van der Waals surface area contributed by atoms with E-state index >= 15 is 0 Å². The molecule has 0 unspecified atom stereocenters. The Balaban J connectivity index is 2.34. The first-order valence-electron chi connectivity index (χ1n) is 4.78. The molecule has 0 radical (unpaired) electrons. The van der Waals surface area contributed by atoms with Crippen molar-refractivity contribution in [1.82, 2.24) is 9.97 Å². The predicted molar refractivity (Wildman–Crippen MR) is 61.4 cm³/mol. The van der Waals surface area contributed by atoms with Gasteiger partial charge < -0.3 is 5.32 Å². The third kappa shape index (κ3) is 2.88. The van der Waals surface area contributed by atoms with Crippen LogP contribution in [-0.2, 0) is 0 Å². The number of halogens is 3. The van der Waals surface area contributed by atoms with Crippen molar-refractivity contribution < 1.29 is 8.78 Å². The normalized spacial score (nSPS) is 10.4. The van der Waals surface area contributed by atoms with Gasteiger partial charge in [0.2, 0.25) is 5.28 Å². The average Bonchev–Trinajstić information content (AvgIpc) is 2.22. The maximum Gasteiger partial charge on any atom is 0.224 e. The number of benzene rings is 1. The molecule has 1 heterocycles. The molecule has 0 saturated heterocycles. The molecule has 17 heavy (non-hydrogen) atoms. The maximum atomic E-state index is 13.4. The molecular weight excluding hydrogens is 248 g/mol. The zero-order valence-corrected chi connectivity index (χ0v) is 9.59. The molecule has 0 aliphatic carbocycles. The van der Waals surface area contributed by atoms with Gasteiger partial charge >= 0.3 is 0 Å². The van der Waals surface area contributed by atoms with Crippen LogP contribution < -0.4 is 5.32 Å². The Morgan fingerprint density at radius 2 is 1.94 bits per heavy atom. The number of hydrogen-bond donors (Lipinski definition) is 1. The summed E-state index contributed by atoms with van der Waals surface area (Å²) in [5, 5.41) is 2.69. The summed E-state index contributed by atoms with van der Waals surface area (Å²) < 4.78 is 26.3. The highest BCUT2D eigenvalue weighted by Crippen LogP contribution is 2.20. The Kier molecular flexibility index (Phi) is 3.19. The lowest BCUT2D eigenvalue weighted by Crippen LogP contribution is -1.99. The Morgan fingerprint density at radius 1 is 1.18 bits per heavy atom. The molecule has 0 spiro atoms. The Hall–Kier alpha value is -1.75. The largest absolute Gasteiger partial charge is 0.338 e. The van der Waals surface area contributed by atoms with Gasteiger partial charge in [-0.3, -0.25) is 0 Å². The second kappa shape index (κ2) is 4.63. The van der Waals surface area contributed by atoms with Crippen LogP contribution in [0.4, 0.5) is 20.3 Å². The van der Waals surface area contributed by atoms with Crippen LogP contribution >= 0.6 is 11.6 Å². The highest BCUT2D eigenvalue weighted by atomic mass is 35.5. The van der Waals surface area contributed by atoms with E-state index in [1.165, 1.54) is 0 Å². The average molecular weight is 256 g/mol. The van der Waals surface area contributed by atoms with E-state index in [0.29, 0.717) is 11.5 Å². The molecule has 0 bridgehead atoms. The van der Waals surface area contributed by atoms with Crippen LogP contribution in [-0.4, -0.2) is 9.97 Å². The highest BCUT2D eigenvalue weighted by molar-refractivity contribution is 6.28. The summed E-state index contributed by atoms with van der Waals surface area (Å²) in [6, 6.07) is 4.70. The number of aryl methyl sites for hydroxylation is 1. The third-order valence-electron chi connectivity index (χ3n) is 2.02. The van der Waals surface area contributed by atoms with Gasteiger partial charge in [-0.25, -0.2) is 18.7 Å². The highest BCUT2D eigenvalue weighted by Gasteiger charge is 2.06. The van der Waals surface area contributed by atoms with Gasteiger partial charge in [0.15, 0.2) is 0 Å². The smallest absolute Gasteiger partial charge is 0.224 e. The summed E-state index contributed by atoms with van der Waals surface area (Å²) in [6.07, 6.45) is 0. The number of hydrogen-bond acceptors (Lipinski definition) is 3. The van der Waals surface area contributed by atoms with Gasteiger partial charge in [0.1, 0.15) is 17.5 Å². The Bertz CT molecular complexity index is 540. The lowest BCUT2D eigenvalue weighted by molar-refractivity contribution is 0.603. The van der Waals surface area contributed by atoms with Crippen molar-refractivity contribution in [2.75, 3.05) is 5.32 Å². The number of nitrogens with one attached hydrogen (secondary N) is 1. The van der Waals surface area contributed by atoms with Crippen LogP contribution in [0.3, 0.4) is 0 Å². The minimum atomic E-state index is -0.571. The first-order valence-corrected chi connectivity index (χ1v) is 5.15. The van der Waals surface area contributed by atoms with Gasteiger partial charge in [-0.05, 0) is 30.7 Å². The molecule has 0 fully saturated rings. The van der Waals surface area contributed by atoms with Gasteiger partial charge in [-0.15, -0.1) is 0 Å². The summed E-state index contributed by atoms with van der Waals surface area (Å²) in [6.45, 7) is 1.72. The molecule has 1 N–H and O–H groups in total. The lowest BCUT2D eigenvalue weighted by Gasteiger charge is -2.07. The van der Waals surface area contributed by atoms with Crippen molar-refractivity contribution in [2.45, 2.75) is 6.92 Å². The summed E-state index contributed by atoms with van der Waals surface area (Å²) >= 11 is 5.66. The maximum absolute atomic E-state index is 13.4. The van der Waals surface area contributed by atoms with Crippen molar-refractivity contribution in [1.29, 1.82) is 0 Å². The van der Waals surface area contributed by atoms with E-state index < -0.39 is 11.6 Å². The second-order valence-electron chi connectivity index (χ2n) is 3.41. The number of aromatic nitrogens is 2. The van der Waals surface area contributed by atoms with Crippen LogP contribution in [0.5, 0.6) is 0 Å². The summed E-state index contributed by atoms with van der Waals surface area (Å²) in [5.74, 6) is -0.795. The molecule has 0 amide bonds. The topological polar surface area (TPSA) is 37.8 Å². The fourth-order valence-electron chi connectivity index (χ4n) is 1.33. The molecule has 0 saturated carbocycles. The van der Waals surface area contributed by atoms with Gasteiger partial charge in [-0.1, -0.05) is 0 Å². The first-order chi connectivity index (χ1) is 8.04. The van der Waals surface area contributed by atoms with Crippen molar-refractivity contribution in [3.8, 4) is 0 Å². The van der Waals surface area contributed by atoms with Crippen LogP contribution in [0.15, 0.2) is 24.3 Å². The van der Waals surface area contributed by atoms with Crippen molar-refractivity contribution in [3.05, 3.63) is 46.9 Å². The van der Waals surface area contributed by atoms with Crippen LogP contribution in [0.25, 0.3) is 0 Å². The molecule has 88 valence electrons. The SMILES string of the molecule is Cc1cc(Nc2cc(F)ccc2F)nc(Cl)n1. The summed E-state index contributed by atoms with van der Waals surface area (Å²) in [5.41, 5.74) is 0.628. The minimum absolute atomic E-state index is 0.000772. The van der Waals surface area contributed by atoms with Crippen molar-refractivity contribution in [2.24, 2.45) is 0 Å². The lowest BCUT2D eigenvalue weighted by atomic mass is 10.3. The fraction of sp³-hybridized carbons (Fsp3) is 0.0909. The number of rotatable bonds is 2. The van der Waals surface area contributed by atoms with Gasteiger partial charge in [0.25, 0.3) is 0 Å². The minimum Gasteiger partial charge on any atom is -0.338 e. The van der Waals surface area contributed by atoms with E-state index in [1.54, 1.807) is 13.0 Å². The zero-order chi connectivity index (χ0) is 12.4. The second-order valence-corrected chi connectivity index (χ2v) is 3.75. The molecule has 2 rings (SSSR count). The third-order valence-corrected chi connectivity index (χ3v) is 2.19. The van der Waals surface area contributed by atoms with E-state index in [0.717, 1.165) is 18.2 Å². The molecule has 1 aromatic carbocycles. The zero-order valence-electron chi connectivity index (χ0n) is 8.84. The standard InChI is InChI=1S/C11H8ClF2N3/c1-6-4-10(17-11(12)15-6)16-9-5-7(13)2-3-8(9)14/h2-5H,1H3,(H,15,16,17). The molecule has 0 atom stereocenters. The summed E-state index contributed by atoms with van der Waals surface area (Å²) in [7, 11) is 0. The van der Waals surface area contributed by atoms with Gasteiger partial charge in [0, 0.05) is 17.8 Å². The van der Waals surface area contributed by atoms with E-state index in [1.807, 2.05) is 0 Å². The molecule has 6 heteroatoms. The van der Waals surface area contributed by atoms with Crippen LogP contribution in [0.1, 0.15) is 5.69 Å². The van der Waals surface area contributed by atoms with Crippen molar-refractivity contribution >= 4 is 23.1 Å². The van der Waals surface area contributed by atoms with Crippen molar-refractivity contribution in [3.63, 3.8) is 0 Å². The van der Waals surface area contributed by atoms with Gasteiger partial charge in [0.05, 0.1) is 5.69 Å². The van der Waals surface area contributed by atoms with Crippen LogP contribution in [0, 0.1) is 18.6 Å². The number of nitrogens with zero attached hydrogens (tertiary/aromatic N) is 2.